The van der Waals surface area contributed by atoms with Crippen LogP contribution in [-0.2, 0) is 4.79 Å². The Hall–Kier alpha value is -1.86. The number of halogens is 1. The van der Waals surface area contributed by atoms with Gasteiger partial charge in [0.05, 0.1) is 0 Å². The second-order valence-electron chi connectivity index (χ2n) is 4.04. The summed E-state index contributed by atoms with van der Waals surface area (Å²) in [5.41, 5.74) is 2.93. The molecule has 0 aromatic heterocycles. The number of carbonyl (C=O) groups excluding carboxylic acids is 1. The normalized spacial score (nSPS) is 11.3. The van der Waals surface area contributed by atoms with E-state index in [0.29, 0.717) is 5.02 Å². The van der Waals surface area contributed by atoms with Crippen LogP contribution in [0.5, 0.6) is 0 Å². The van der Waals surface area contributed by atoms with Crippen LogP contribution in [-0.4, -0.2) is 5.78 Å². The average molecular weight is 257 g/mol. The molecular weight excluding hydrogens is 244 g/mol. The van der Waals surface area contributed by atoms with Gasteiger partial charge in [-0.1, -0.05) is 54.1 Å². The summed E-state index contributed by atoms with van der Waals surface area (Å²) in [7, 11) is 0. The number of rotatable bonds is 3. The lowest BCUT2D eigenvalue weighted by atomic mass is 9.97. The maximum Gasteiger partial charge on any atom is 0.153 e. The number of hydrogen-bond donors (Lipinski definition) is 0. The summed E-state index contributed by atoms with van der Waals surface area (Å²) >= 11 is 5.88. The molecule has 0 aliphatic carbocycles. The molecule has 90 valence electrons. The minimum absolute atomic E-state index is 0.0313. The zero-order chi connectivity index (χ0) is 13.0. The molecule has 1 nitrogen and oxygen atoms in total. The fourth-order valence-corrected chi connectivity index (χ4v) is 1.91. The van der Waals surface area contributed by atoms with E-state index in [1.165, 1.54) is 0 Å². The molecule has 0 saturated carbocycles. The van der Waals surface area contributed by atoms with Crippen LogP contribution in [0.4, 0.5) is 0 Å². The highest BCUT2D eigenvalue weighted by atomic mass is 35.5. The number of benzene rings is 2. The highest BCUT2D eigenvalue weighted by Gasteiger charge is 2.05. The lowest BCUT2D eigenvalue weighted by Crippen LogP contribution is -1.92. The minimum atomic E-state index is 0.0313. The smallest absolute Gasteiger partial charge is 0.153 e. The highest BCUT2D eigenvalue weighted by Crippen LogP contribution is 2.24. The molecule has 0 bridgehead atoms. The van der Waals surface area contributed by atoms with E-state index >= 15 is 0 Å². The van der Waals surface area contributed by atoms with Gasteiger partial charge in [0, 0.05) is 5.02 Å². The Morgan fingerprint density at radius 2 is 1.50 bits per heavy atom. The van der Waals surface area contributed by atoms with Gasteiger partial charge < -0.3 is 0 Å². The Balaban J connectivity index is 2.51. The molecule has 0 amide bonds. The van der Waals surface area contributed by atoms with Gasteiger partial charge in [-0.15, -0.1) is 0 Å². The second kappa shape index (κ2) is 5.65. The molecule has 0 saturated heterocycles. The van der Waals surface area contributed by atoms with Crippen LogP contribution in [0, 0.1) is 0 Å². The third kappa shape index (κ3) is 3.08. The monoisotopic (exact) mass is 256 g/mol. The van der Waals surface area contributed by atoms with E-state index in [1.807, 2.05) is 54.6 Å². The van der Waals surface area contributed by atoms with Gasteiger partial charge >= 0.3 is 0 Å². The molecule has 18 heavy (non-hydrogen) atoms. The van der Waals surface area contributed by atoms with Gasteiger partial charge in [-0.05, 0) is 41.8 Å². The molecular formula is C16H13ClO. The number of hydrogen-bond acceptors (Lipinski definition) is 1. The SMILES string of the molecule is CC(=O)/C=C(/c1ccccc1)c1ccc(Cl)cc1. The van der Waals surface area contributed by atoms with E-state index in [9.17, 15) is 4.79 Å². The van der Waals surface area contributed by atoms with Crippen molar-refractivity contribution < 1.29 is 4.79 Å². The van der Waals surface area contributed by atoms with Crippen molar-refractivity contribution in [3.8, 4) is 0 Å². The van der Waals surface area contributed by atoms with Crippen LogP contribution in [0.15, 0.2) is 60.7 Å². The molecule has 2 heteroatoms. The molecule has 2 rings (SSSR count). The Morgan fingerprint density at radius 3 is 2.06 bits per heavy atom. The van der Waals surface area contributed by atoms with Gasteiger partial charge in [0.2, 0.25) is 0 Å². The highest BCUT2D eigenvalue weighted by molar-refractivity contribution is 6.30. The van der Waals surface area contributed by atoms with Crippen LogP contribution in [0.2, 0.25) is 5.02 Å². The largest absolute Gasteiger partial charge is 0.295 e. The average Bonchev–Trinajstić information content (AvgIpc) is 2.38. The van der Waals surface area contributed by atoms with Crippen molar-refractivity contribution in [1.29, 1.82) is 0 Å². The first kappa shape index (κ1) is 12.6. The maximum absolute atomic E-state index is 11.4. The van der Waals surface area contributed by atoms with E-state index in [2.05, 4.69) is 0 Å². The predicted molar refractivity (Wildman–Crippen MR) is 75.7 cm³/mol. The fraction of sp³-hybridized carbons (Fsp3) is 0.0625. The molecule has 2 aromatic carbocycles. The first-order valence-corrected chi connectivity index (χ1v) is 6.08. The molecule has 0 N–H and O–H groups in total. The van der Waals surface area contributed by atoms with Gasteiger partial charge in [-0.2, -0.15) is 0 Å². The summed E-state index contributed by atoms with van der Waals surface area (Å²) in [6, 6.07) is 17.3. The first-order valence-electron chi connectivity index (χ1n) is 5.70. The van der Waals surface area contributed by atoms with Crippen molar-refractivity contribution >= 4 is 23.0 Å². The van der Waals surface area contributed by atoms with Crippen LogP contribution in [0.25, 0.3) is 5.57 Å². The second-order valence-corrected chi connectivity index (χ2v) is 4.48. The summed E-state index contributed by atoms with van der Waals surface area (Å²) < 4.78 is 0. The minimum Gasteiger partial charge on any atom is -0.295 e. The van der Waals surface area contributed by atoms with Crippen molar-refractivity contribution in [2.75, 3.05) is 0 Å². The standard InChI is InChI=1S/C16H13ClO/c1-12(18)11-16(13-5-3-2-4-6-13)14-7-9-15(17)10-8-14/h2-11H,1H3/b16-11-. The van der Waals surface area contributed by atoms with E-state index in [4.69, 9.17) is 11.6 Å². The number of allylic oxidation sites excluding steroid dienone is 1. The zero-order valence-electron chi connectivity index (χ0n) is 10.1. The van der Waals surface area contributed by atoms with Gasteiger partial charge in [0.1, 0.15) is 0 Å². The summed E-state index contributed by atoms with van der Waals surface area (Å²) in [4.78, 5) is 11.4. The number of ketones is 1. The third-order valence-corrected chi connectivity index (χ3v) is 2.84. The molecule has 0 atom stereocenters. The Labute approximate surface area is 112 Å². The van der Waals surface area contributed by atoms with E-state index in [-0.39, 0.29) is 5.78 Å². The quantitative estimate of drug-likeness (QED) is 0.746. The van der Waals surface area contributed by atoms with E-state index in [1.54, 1.807) is 13.0 Å². The third-order valence-electron chi connectivity index (χ3n) is 2.59. The Bertz CT molecular complexity index is 568. The molecule has 0 aliphatic rings. The van der Waals surface area contributed by atoms with Crippen LogP contribution in [0.3, 0.4) is 0 Å². The summed E-state index contributed by atoms with van der Waals surface area (Å²) in [6.45, 7) is 1.55. The Morgan fingerprint density at radius 1 is 0.944 bits per heavy atom. The van der Waals surface area contributed by atoms with Gasteiger partial charge in [-0.25, -0.2) is 0 Å². The first-order chi connectivity index (χ1) is 8.66. The van der Waals surface area contributed by atoms with Crippen molar-refractivity contribution in [1.82, 2.24) is 0 Å². The molecule has 0 fully saturated rings. The van der Waals surface area contributed by atoms with Gasteiger partial charge in [-0.3, -0.25) is 4.79 Å². The molecule has 0 radical (unpaired) electrons. The predicted octanol–water partition coefficient (Wildman–Crippen LogP) is 4.36. The lowest BCUT2D eigenvalue weighted by molar-refractivity contribution is -0.112. The van der Waals surface area contributed by atoms with Crippen molar-refractivity contribution in [2.24, 2.45) is 0 Å². The topological polar surface area (TPSA) is 17.1 Å². The van der Waals surface area contributed by atoms with Crippen LogP contribution >= 0.6 is 11.6 Å². The molecule has 0 unspecified atom stereocenters. The van der Waals surface area contributed by atoms with Crippen LogP contribution < -0.4 is 0 Å². The molecule has 0 aliphatic heterocycles. The van der Waals surface area contributed by atoms with Gasteiger partial charge in [0.15, 0.2) is 5.78 Å². The summed E-state index contributed by atoms with van der Waals surface area (Å²) in [6.07, 6.45) is 1.65. The molecule has 0 spiro atoms. The van der Waals surface area contributed by atoms with E-state index < -0.39 is 0 Å². The zero-order valence-corrected chi connectivity index (χ0v) is 10.8. The number of carbonyl (C=O) groups is 1. The summed E-state index contributed by atoms with van der Waals surface area (Å²) in [5.74, 6) is 0.0313. The lowest BCUT2D eigenvalue weighted by Gasteiger charge is -2.08. The summed E-state index contributed by atoms with van der Waals surface area (Å²) in [5, 5.41) is 0.689. The molecule has 0 heterocycles. The van der Waals surface area contributed by atoms with Crippen molar-refractivity contribution in [3.63, 3.8) is 0 Å². The van der Waals surface area contributed by atoms with Crippen molar-refractivity contribution in [3.05, 3.63) is 76.8 Å². The fourth-order valence-electron chi connectivity index (χ4n) is 1.78. The maximum atomic E-state index is 11.4. The van der Waals surface area contributed by atoms with E-state index in [0.717, 1.165) is 16.7 Å². The molecule has 2 aromatic rings. The van der Waals surface area contributed by atoms with Crippen molar-refractivity contribution in [2.45, 2.75) is 6.92 Å². The van der Waals surface area contributed by atoms with Crippen LogP contribution in [0.1, 0.15) is 18.1 Å². The Kier molecular flexibility index (Phi) is 3.96. The van der Waals surface area contributed by atoms with Gasteiger partial charge in [0.25, 0.3) is 0 Å².